The van der Waals surface area contributed by atoms with Crippen LogP contribution in [0.25, 0.3) is 27.3 Å². The highest BCUT2D eigenvalue weighted by Crippen LogP contribution is 2.31. The number of hydrogen-bond donors (Lipinski definition) is 0. The summed E-state index contributed by atoms with van der Waals surface area (Å²) in [6, 6.07) is 20.2. The van der Waals surface area contributed by atoms with Crippen molar-refractivity contribution in [1.29, 1.82) is 0 Å². The summed E-state index contributed by atoms with van der Waals surface area (Å²) >= 11 is 1.63. The van der Waals surface area contributed by atoms with Crippen LogP contribution in [0.2, 0.25) is 0 Å². The van der Waals surface area contributed by atoms with Crippen molar-refractivity contribution in [1.82, 2.24) is 14.4 Å². The molecule has 0 N–H and O–H groups in total. The molecule has 3 heterocycles. The van der Waals surface area contributed by atoms with E-state index >= 15 is 0 Å². The van der Waals surface area contributed by atoms with E-state index in [0.29, 0.717) is 23.7 Å². The zero-order chi connectivity index (χ0) is 20.5. The Kier molecular flexibility index (Phi) is 4.85. The lowest BCUT2D eigenvalue weighted by Crippen LogP contribution is -2.10. The van der Waals surface area contributed by atoms with Gasteiger partial charge in [0.2, 0.25) is 0 Å². The molecule has 0 saturated carbocycles. The van der Waals surface area contributed by atoms with Crippen LogP contribution in [0.1, 0.15) is 23.1 Å². The van der Waals surface area contributed by atoms with E-state index in [1.807, 2.05) is 72.1 Å². The van der Waals surface area contributed by atoms with E-state index in [-0.39, 0.29) is 5.97 Å². The maximum atomic E-state index is 12.8. The van der Waals surface area contributed by atoms with Gasteiger partial charge in [0.05, 0.1) is 17.8 Å². The number of aromatic nitrogens is 3. The first-order chi connectivity index (χ1) is 14.8. The van der Waals surface area contributed by atoms with Gasteiger partial charge in [-0.1, -0.05) is 42.5 Å². The second-order valence-corrected chi connectivity index (χ2v) is 7.86. The van der Waals surface area contributed by atoms with E-state index in [0.717, 1.165) is 32.2 Å². The van der Waals surface area contributed by atoms with Gasteiger partial charge in [0, 0.05) is 33.8 Å². The third kappa shape index (κ3) is 3.19. The molecule has 30 heavy (non-hydrogen) atoms. The number of rotatable bonds is 5. The van der Waals surface area contributed by atoms with Gasteiger partial charge < -0.3 is 4.74 Å². The summed E-state index contributed by atoms with van der Waals surface area (Å²) in [5.41, 5.74) is 2.92. The summed E-state index contributed by atoms with van der Waals surface area (Å²) < 4.78 is 7.19. The van der Waals surface area contributed by atoms with Crippen LogP contribution in [0.5, 0.6) is 0 Å². The van der Waals surface area contributed by atoms with Crippen molar-refractivity contribution in [2.75, 3.05) is 6.61 Å². The molecule has 0 atom stereocenters. The highest BCUT2D eigenvalue weighted by molar-refractivity contribution is 7.98. The molecule has 0 saturated heterocycles. The maximum Gasteiger partial charge on any atom is 0.357 e. The van der Waals surface area contributed by atoms with Crippen molar-refractivity contribution < 1.29 is 9.53 Å². The molecule has 0 aliphatic carbocycles. The Bertz CT molecular complexity index is 1390. The molecule has 2 aromatic carbocycles. The Balaban J connectivity index is 1.61. The van der Waals surface area contributed by atoms with Gasteiger partial charge in [-0.05, 0) is 30.5 Å². The molecule has 3 aromatic heterocycles. The van der Waals surface area contributed by atoms with Crippen molar-refractivity contribution in [2.45, 2.75) is 17.6 Å². The molecule has 0 aliphatic rings. The number of nitrogens with zero attached hydrogens (tertiary/aromatic N) is 3. The number of ether oxygens (including phenoxy) is 1. The summed E-state index contributed by atoms with van der Waals surface area (Å²) in [4.78, 5) is 23.2. The molecule has 6 heteroatoms. The monoisotopic (exact) mass is 413 g/mol. The zero-order valence-electron chi connectivity index (χ0n) is 16.4. The molecule has 0 bridgehead atoms. The van der Waals surface area contributed by atoms with E-state index in [4.69, 9.17) is 9.72 Å². The molecular weight excluding hydrogens is 394 g/mol. The number of hydrogen-bond acceptors (Lipinski definition) is 5. The fraction of sp³-hybridized carbons (Fsp3) is 0.125. The Morgan fingerprint density at radius 1 is 1.03 bits per heavy atom. The predicted octanol–water partition coefficient (Wildman–Crippen LogP) is 5.50. The zero-order valence-corrected chi connectivity index (χ0v) is 17.2. The molecule has 148 valence electrons. The number of fused-ring (bicyclic) bond motifs is 4. The first kappa shape index (κ1) is 18.6. The standard InChI is InChI=1S/C24H19N3O2S/c1-2-29-24(28)22-19(15-30-20-11-5-8-17-9-6-13-25-21(17)20)26-23-18-10-4-3-7-16(18)12-14-27(22)23/h3-14H,2,15H2,1H3. The minimum Gasteiger partial charge on any atom is -0.461 e. The molecule has 0 spiro atoms. The second kappa shape index (κ2) is 7.80. The highest BCUT2D eigenvalue weighted by Gasteiger charge is 2.22. The lowest BCUT2D eigenvalue weighted by atomic mass is 10.2. The van der Waals surface area contributed by atoms with Crippen molar-refractivity contribution in [3.63, 3.8) is 0 Å². The number of carbonyl (C=O) groups is 1. The Morgan fingerprint density at radius 3 is 2.77 bits per heavy atom. The van der Waals surface area contributed by atoms with E-state index < -0.39 is 0 Å². The average Bonchev–Trinajstić information content (AvgIpc) is 3.17. The Morgan fingerprint density at radius 2 is 1.87 bits per heavy atom. The molecule has 0 amide bonds. The van der Waals surface area contributed by atoms with Crippen molar-refractivity contribution >= 4 is 45.1 Å². The lowest BCUT2D eigenvalue weighted by Gasteiger charge is -2.07. The van der Waals surface area contributed by atoms with Gasteiger partial charge in [-0.3, -0.25) is 9.38 Å². The average molecular weight is 414 g/mol. The van der Waals surface area contributed by atoms with Crippen LogP contribution in [-0.4, -0.2) is 26.9 Å². The summed E-state index contributed by atoms with van der Waals surface area (Å²) in [6.07, 6.45) is 3.69. The van der Waals surface area contributed by atoms with Gasteiger partial charge >= 0.3 is 5.97 Å². The molecule has 0 fully saturated rings. The molecule has 5 aromatic rings. The topological polar surface area (TPSA) is 56.5 Å². The summed E-state index contributed by atoms with van der Waals surface area (Å²) in [7, 11) is 0. The highest BCUT2D eigenvalue weighted by atomic mass is 32.2. The lowest BCUT2D eigenvalue weighted by molar-refractivity contribution is 0.0517. The van der Waals surface area contributed by atoms with Gasteiger partial charge in [0.25, 0.3) is 0 Å². The summed E-state index contributed by atoms with van der Waals surface area (Å²) in [5, 5.41) is 3.19. The molecule has 0 aliphatic heterocycles. The van der Waals surface area contributed by atoms with Crippen LogP contribution in [0.15, 0.2) is 78.0 Å². The van der Waals surface area contributed by atoms with Gasteiger partial charge in [0.1, 0.15) is 5.65 Å². The number of carbonyl (C=O) groups excluding carboxylic acids is 1. The van der Waals surface area contributed by atoms with Crippen LogP contribution in [0, 0.1) is 0 Å². The SMILES string of the molecule is CCOC(=O)c1c(CSc2cccc3cccnc23)nc2c3ccccc3ccn12. The molecule has 0 unspecified atom stereocenters. The largest absolute Gasteiger partial charge is 0.461 e. The van der Waals surface area contributed by atoms with E-state index in [1.165, 1.54) is 0 Å². The quantitative estimate of drug-likeness (QED) is 0.281. The number of imidazole rings is 1. The Labute approximate surface area is 177 Å². The van der Waals surface area contributed by atoms with Gasteiger partial charge in [-0.2, -0.15) is 0 Å². The fourth-order valence-corrected chi connectivity index (χ4v) is 4.65. The number of thioether (sulfide) groups is 1. The molecule has 5 rings (SSSR count). The summed E-state index contributed by atoms with van der Waals surface area (Å²) in [5.74, 6) is 0.187. The fourth-order valence-electron chi connectivity index (χ4n) is 3.67. The van der Waals surface area contributed by atoms with E-state index in [1.54, 1.807) is 18.0 Å². The maximum absolute atomic E-state index is 12.8. The smallest absolute Gasteiger partial charge is 0.357 e. The predicted molar refractivity (Wildman–Crippen MR) is 120 cm³/mol. The third-order valence-corrected chi connectivity index (χ3v) is 6.08. The Hall–Kier alpha value is -3.38. The first-order valence-electron chi connectivity index (χ1n) is 9.78. The molecule has 5 nitrogen and oxygen atoms in total. The van der Waals surface area contributed by atoms with Crippen LogP contribution in [-0.2, 0) is 10.5 Å². The molecular formula is C24H19N3O2S. The number of benzene rings is 2. The first-order valence-corrected chi connectivity index (χ1v) is 10.8. The number of pyridine rings is 2. The third-order valence-electron chi connectivity index (χ3n) is 5.02. The van der Waals surface area contributed by atoms with Crippen LogP contribution < -0.4 is 0 Å². The van der Waals surface area contributed by atoms with Gasteiger partial charge in [0.15, 0.2) is 5.69 Å². The van der Waals surface area contributed by atoms with Gasteiger partial charge in [-0.25, -0.2) is 9.78 Å². The van der Waals surface area contributed by atoms with Crippen molar-refractivity contribution in [3.05, 3.63) is 84.4 Å². The van der Waals surface area contributed by atoms with Crippen molar-refractivity contribution in [2.24, 2.45) is 0 Å². The summed E-state index contributed by atoms with van der Waals surface area (Å²) in [6.45, 7) is 2.13. The van der Waals surface area contributed by atoms with Crippen LogP contribution in [0.3, 0.4) is 0 Å². The van der Waals surface area contributed by atoms with Gasteiger partial charge in [-0.15, -0.1) is 11.8 Å². The minimum atomic E-state index is -0.355. The molecule has 0 radical (unpaired) electrons. The number of esters is 1. The van der Waals surface area contributed by atoms with E-state index in [2.05, 4.69) is 11.1 Å². The van der Waals surface area contributed by atoms with Crippen LogP contribution in [0.4, 0.5) is 0 Å². The van der Waals surface area contributed by atoms with Crippen LogP contribution >= 0.6 is 11.8 Å². The van der Waals surface area contributed by atoms with Crippen molar-refractivity contribution in [3.8, 4) is 0 Å². The second-order valence-electron chi connectivity index (χ2n) is 6.84. The van der Waals surface area contributed by atoms with E-state index in [9.17, 15) is 4.79 Å². The number of para-hydroxylation sites is 1. The minimum absolute atomic E-state index is 0.319. The normalized spacial score (nSPS) is 11.4.